The van der Waals surface area contributed by atoms with E-state index in [1.807, 2.05) is 0 Å². The van der Waals surface area contributed by atoms with Gasteiger partial charge in [-0.1, -0.05) is 0 Å². The maximum Gasteiger partial charge on any atom is 0.231 e. The fourth-order valence-corrected chi connectivity index (χ4v) is 1.26. The summed E-state index contributed by atoms with van der Waals surface area (Å²) < 4.78 is 5.09. The predicted octanol–water partition coefficient (Wildman–Crippen LogP) is 0.923. The van der Waals surface area contributed by atoms with Crippen LogP contribution in [-0.2, 0) is 4.79 Å². The summed E-state index contributed by atoms with van der Waals surface area (Å²) in [6.45, 7) is 3.29. The molecule has 1 aromatic carbocycles. The number of phenols is 1. The van der Waals surface area contributed by atoms with Gasteiger partial charge < -0.3 is 14.9 Å². The third kappa shape index (κ3) is 3.04. The number of ether oxygens (including phenoxy) is 1. The van der Waals surface area contributed by atoms with Crippen LogP contribution in [0.5, 0.6) is 11.5 Å². The maximum atomic E-state index is 11.6. The highest BCUT2D eigenvalue weighted by atomic mass is 16.5. The molecule has 0 aliphatic carbocycles. The molecule has 2 N–H and O–H groups in total. The maximum absolute atomic E-state index is 11.6. The Hall–Kier alpha value is -1.88. The van der Waals surface area contributed by atoms with Crippen LogP contribution >= 0.6 is 0 Å². The molecule has 0 heterocycles. The zero-order valence-electron chi connectivity index (χ0n) is 9.64. The Morgan fingerprint density at radius 1 is 1.41 bits per heavy atom. The molecule has 0 spiro atoms. The van der Waals surface area contributed by atoms with Gasteiger partial charge in [0.05, 0.1) is 6.61 Å². The normalized spacial score (nSPS) is 11.9. The Bertz CT molecular complexity index is 437. The lowest BCUT2D eigenvalue weighted by atomic mass is 10.0. The Labute approximate surface area is 98.6 Å². The Balaban J connectivity index is 3.03. The lowest BCUT2D eigenvalue weighted by Crippen LogP contribution is -2.25. The highest BCUT2D eigenvalue weighted by molar-refractivity contribution is 6.45. The van der Waals surface area contributed by atoms with Crippen LogP contribution in [0.1, 0.15) is 24.2 Å². The van der Waals surface area contributed by atoms with Gasteiger partial charge >= 0.3 is 0 Å². The molecule has 1 rings (SSSR count). The fourth-order valence-electron chi connectivity index (χ4n) is 1.26. The van der Waals surface area contributed by atoms with Gasteiger partial charge in [-0.05, 0) is 32.0 Å². The molecule has 1 atom stereocenters. The van der Waals surface area contributed by atoms with Crippen LogP contribution in [0.25, 0.3) is 0 Å². The minimum Gasteiger partial charge on any atom is -0.504 e. The highest BCUT2D eigenvalue weighted by Gasteiger charge is 2.21. The molecule has 0 saturated heterocycles. The highest BCUT2D eigenvalue weighted by Crippen LogP contribution is 2.27. The molecule has 0 fully saturated rings. The van der Waals surface area contributed by atoms with Gasteiger partial charge in [-0.3, -0.25) is 9.59 Å². The van der Waals surface area contributed by atoms with E-state index in [1.165, 1.54) is 25.1 Å². The summed E-state index contributed by atoms with van der Waals surface area (Å²) in [4.78, 5) is 22.9. The number of aliphatic hydroxyl groups is 1. The van der Waals surface area contributed by atoms with Gasteiger partial charge in [0, 0.05) is 5.56 Å². The van der Waals surface area contributed by atoms with E-state index in [4.69, 9.17) is 9.84 Å². The van der Waals surface area contributed by atoms with E-state index < -0.39 is 17.7 Å². The van der Waals surface area contributed by atoms with E-state index in [9.17, 15) is 14.7 Å². The van der Waals surface area contributed by atoms with Crippen molar-refractivity contribution in [3.8, 4) is 11.5 Å². The number of aromatic hydroxyl groups is 1. The second-order valence-electron chi connectivity index (χ2n) is 3.48. The number of aliphatic hydroxyl groups excluding tert-OH is 1. The first-order valence-electron chi connectivity index (χ1n) is 5.19. The topological polar surface area (TPSA) is 83.8 Å². The van der Waals surface area contributed by atoms with E-state index in [0.29, 0.717) is 6.61 Å². The second kappa shape index (κ2) is 5.45. The molecule has 0 radical (unpaired) electrons. The fraction of sp³-hybridized carbons (Fsp3) is 0.333. The zero-order chi connectivity index (χ0) is 13.0. The molecule has 0 saturated carbocycles. The monoisotopic (exact) mass is 238 g/mol. The van der Waals surface area contributed by atoms with Crippen molar-refractivity contribution in [3.63, 3.8) is 0 Å². The first kappa shape index (κ1) is 13.2. The third-order valence-electron chi connectivity index (χ3n) is 2.13. The van der Waals surface area contributed by atoms with Crippen molar-refractivity contribution in [2.24, 2.45) is 0 Å². The molecule has 5 nitrogen and oxygen atoms in total. The van der Waals surface area contributed by atoms with Gasteiger partial charge in [0.2, 0.25) is 11.6 Å². The number of carbonyl (C=O) groups excluding carboxylic acids is 2. The molecule has 1 aromatic rings. The standard InChI is InChI=1S/C12H14O5/c1-3-17-10-6-8(4-5-9(10)14)12(16)11(15)7(2)13/h4-7,13-14H,3H2,1-2H3. The first-order chi connectivity index (χ1) is 7.97. The lowest BCUT2D eigenvalue weighted by Gasteiger charge is -2.08. The minimum absolute atomic E-state index is 0.0807. The zero-order valence-corrected chi connectivity index (χ0v) is 9.64. The molecule has 1 unspecified atom stereocenters. The number of phenolic OH excluding ortho intramolecular Hbond substituents is 1. The number of hydrogen-bond acceptors (Lipinski definition) is 5. The van der Waals surface area contributed by atoms with Gasteiger partial charge in [0.15, 0.2) is 11.5 Å². The van der Waals surface area contributed by atoms with E-state index >= 15 is 0 Å². The van der Waals surface area contributed by atoms with Crippen molar-refractivity contribution in [3.05, 3.63) is 23.8 Å². The van der Waals surface area contributed by atoms with Crippen LogP contribution < -0.4 is 4.74 Å². The minimum atomic E-state index is -1.34. The summed E-state index contributed by atoms with van der Waals surface area (Å²) in [5, 5.41) is 18.5. The third-order valence-corrected chi connectivity index (χ3v) is 2.13. The quantitative estimate of drug-likeness (QED) is 0.588. The molecule has 0 bridgehead atoms. The van der Waals surface area contributed by atoms with E-state index in [2.05, 4.69) is 0 Å². The van der Waals surface area contributed by atoms with Gasteiger partial charge in [0.25, 0.3) is 0 Å². The van der Waals surface area contributed by atoms with Gasteiger partial charge in [-0.15, -0.1) is 0 Å². The van der Waals surface area contributed by atoms with Crippen molar-refractivity contribution in [1.29, 1.82) is 0 Å². The summed E-state index contributed by atoms with van der Waals surface area (Å²) in [6, 6.07) is 3.86. The van der Waals surface area contributed by atoms with E-state index in [-0.39, 0.29) is 17.1 Å². The Morgan fingerprint density at radius 3 is 2.59 bits per heavy atom. The average Bonchev–Trinajstić information content (AvgIpc) is 2.30. The molecule has 5 heteroatoms. The summed E-state index contributed by atoms with van der Waals surface area (Å²) in [6.07, 6.45) is -1.34. The number of carbonyl (C=O) groups is 2. The molecular weight excluding hydrogens is 224 g/mol. The molecule has 0 aliphatic rings. The van der Waals surface area contributed by atoms with Crippen molar-refractivity contribution in [2.75, 3.05) is 6.61 Å². The lowest BCUT2D eigenvalue weighted by molar-refractivity contribution is -0.121. The van der Waals surface area contributed by atoms with Crippen LogP contribution in [0.3, 0.4) is 0 Å². The molecule has 0 aromatic heterocycles. The number of ketones is 2. The van der Waals surface area contributed by atoms with Crippen LogP contribution in [0.4, 0.5) is 0 Å². The number of benzene rings is 1. The van der Waals surface area contributed by atoms with E-state index in [0.717, 1.165) is 0 Å². The summed E-state index contributed by atoms with van der Waals surface area (Å²) >= 11 is 0. The van der Waals surface area contributed by atoms with Crippen LogP contribution in [0.15, 0.2) is 18.2 Å². The van der Waals surface area contributed by atoms with Crippen molar-refractivity contribution in [1.82, 2.24) is 0 Å². The largest absolute Gasteiger partial charge is 0.504 e. The number of Topliss-reactive ketones (excluding diaryl/α,β-unsaturated/α-hetero) is 2. The molecule has 92 valence electrons. The van der Waals surface area contributed by atoms with E-state index in [1.54, 1.807) is 6.92 Å². The summed E-state index contributed by atoms with van der Waals surface area (Å²) in [7, 11) is 0. The number of rotatable bonds is 5. The Kier molecular flexibility index (Phi) is 4.23. The smallest absolute Gasteiger partial charge is 0.231 e. The molecule has 0 amide bonds. The van der Waals surface area contributed by atoms with Crippen molar-refractivity contribution >= 4 is 11.6 Å². The predicted molar refractivity (Wildman–Crippen MR) is 60.3 cm³/mol. The van der Waals surface area contributed by atoms with Crippen molar-refractivity contribution in [2.45, 2.75) is 20.0 Å². The van der Waals surface area contributed by atoms with Crippen LogP contribution in [0, 0.1) is 0 Å². The number of hydrogen-bond donors (Lipinski definition) is 2. The SMILES string of the molecule is CCOc1cc(C(=O)C(=O)C(C)O)ccc1O. The molecule has 17 heavy (non-hydrogen) atoms. The van der Waals surface area contributed by atoms with Crippen LogP contribution in [0.2, 0.25) is 0 Å². The van der Waals surface area contributed by atoms with Gasteiger partial charge in [0.1, 0.15) is 6.10 Å². The van der Waals surface area contributed by atoms with Crippen LogP contribution in [-0.4, -0.2) is 34.5 Å². The summed E-state index contributed by atoms with van der Waals surface area (Å²) in [5.74, 6) is -1.66. The van der Waals surface area contributed by atoms with Crippen molar-refractivity contribution < 1.29 is 24.5 Å². The second-order valence-corrected chi connectivity index (χ2v) is 3.48. The Morgan fingerprint density at radius 2 is 2.06 bits per heavy atom. The summed E-state index contributed by atoms with van der Waals surface area (Å²) in [5.41, 5.74) is 0.0807. The van der Waals surface area contributed by atoms with Gasteiger partial charge in [-0.25, -0.2) is 0 Å². The average molecular weight is 238 g/mol. The molecular formula is C12H14O5. The first-order valence-corrected chi connectivity index (χ1v) is 5.19. The molecule has 0 aliphatic heterocycles. The van der Waals surface area contributed by atoms with Gasteiger partial charge in [-0.2, -0.15) is 0 Å².